The van der Waals surface area contributed by atoms with E-state index in [1.165, 1.54) is 0 Å². The number of carbonyl (C=O) groups excluding carboxylic acids is 1. The highest BCUT2D eigenvalue weighted by Gasteiger charge is 2.28. The van der Waals surface area contributed by atoms with Crippen molar-refractivity contribution in [3.63, 3.8) is 0 Å². The average Bonchev–Trinajstić information content (AvgIpc) is 2.67. The van der Waals surface area contributed by atoms with Crippen LogP contribution in [0.25, 0.3) is 0 Å². The molecule has 26 heavy (non-hydrogen) atoms. The summed E-state index contributed by atoms with van der Waals surface area (Å²) in [5, 5.41) is 3.10. The fourth-order valence-electron chi connectivity index (χ4n) is 2.95. The zero-order valence-corrected chi connectivity index (χ0v) is 15.9. The molecule has 3 aromatic rings. The maximum Gasteiger partial charge on any atom is 0.331 e. The summed E-state index contributed by atoms with van der Waals surface area (Å²) in [5.74, 6) is 0.957. The van der Waals surface area contributed by atoms with Crippen molar-refractivity contribution in [2.24, 2.45) is 0 Å². The Morgan fingerprint density at radius 3 is 2.15 bits per heavy atom. The number of hydrogen-bond acceptors (Lipinski definition) is 3. The molecular formula is C21H18N2OS2. The number of carbonyl (C=O) groups is 1. The van der Waals surface area contributed by atoms with Gasteiger partial charge in [0.25, 0.3) is 0 Å². The molecule has 0 aliphatic carbocycles. The van der Waals surface area contributed by atoms with Crippen LogP contribution in [-0.4, -0.2) is 11.8 Å². The van der Waals surface area contributed by atoms with Gasteiger partial charge in [-0.25, -0.2) is 4.79 Å². The van der Waals surface area contributed by atoms with Crippen molar-refractivity contribution in [1.82, 2.24) is 0 Å². The molecule has 2 amide bonds. The molecule has 0 spiro atoms. The van der Waals surface area contributed by atoms with Crippen molar-refractivity contribution in [2.75, 3.05) is 16.0 Å². The molecule has 130 valence electrons. The number of para-hydroxylation sites is 3. The van der Waals surface area contributed by atoms with Crippen molar-refractivity contribution < 1.29 is 4.79 Å². The van der Waals surface area contributed by atoms with Crippen molar-refractivity contribution in [1.29, 1.82) is 0 Å². The van der Waals surface area contributed by atoms with Crippen LogP contribution in [0.4, 0.5) is 21.9 Å². The summed E-state index contributed by atoms with van der Waals surface area (Å²) in [6.45, 7) is 2.11. The van der Waals surface area contributed by atoms with Gasteiger partial charge >= 0.3 is 6.03 Å². The average molecular weight is 379 g/mol. The van der Waals surface area contributed by atoms with E-state index in [4.69, 9.17) is 0 Å². The second-order valence-electron chi connectivity index (χ2n) is 5.73. The van der Waals surface area contributed by atoms with Crippen molar-refractivity contribution in [3.05, 3.63) is 72.8 Å². The maximum absolute atomic E-state index is 13.2. The summed E-state index contributed by atoms with van der Waals surface area (Å²) < 4.78 is 0. The third kappa shape index (κ3) is 3.20. The van der Waals surface area contributed by atoms with Crippen LogP contribution in [0.5, 0.6) is 0 Å². The van der Waals surface area contributed by atoms with Crippen LogP contribution in [0.3, 0.4) is 0 Å². The first-order valence-electron chi connectivity index (χ1n) is 8.47. The van der Waals surface area contributed by atoms with Gasteiger partial charge in [-0.15, -0.1) is 11.8 Å². The topological polar surface area (TPSA) is 32.3 Å². The third-order valence-corrected chi connectivity index (χ3v) is 6.15. The molecule has 5 heteroatoms. The highest BCUT2D eigenvalue weighted by atomic mass is 32.2. The minimum Gasteiger partial charge on any atom is -0.306 e. The number of urea groups is 1. The van der Waals surface area contributed by atoms with Crippen LogP contribution in [0.2, 0.25) is 0 Å². The zero-order valence-electron chi connectivity index (χ0n) is 14.3. The monoisotopic (exact) mass is 378 g/mol. The lowest BCUT2D eigenvalue weighted by molar-refractivity contribution is 0.258. The number of hydrogen-bond donors (Lipinski definition) is 1. The fraction of sp³-hybridized carbons (Fsp3) is 0.0952. The molecule has 0 saturated heterocycles. The first-order valence-corrected chi connectivity index (χ1v) is 10.3. The van der Waals surface area contributed by atoms with Crippen molar-refractivity contribution in [2.45, 2.75) is 21.6 Å². The summed E-state index contributed by atoms with van der Waals surface area (Å²) in [6.07, 6.45) is 0. The molecule has 0 unspecified atom stereocenters. The molecule has 4 rings (SSSR count). The first-order chi connectivity index (χ1) is 12.8. The normalized spacial score (nSPS) is 12.3. The number of fused-ring (bicyclic) bond motifs is 2. The number of thioether (sulfide) groups is 1. The summed E-state index contributed by atoms with van der Waals surface area (Å²) in [4.78, 5) is 18.3. The Bertz CT molecular complexity index is 913. The van der Waals surface area contributed by atoms with Gasteiger partial charge in [0.15, 0.2) is 0 Å². The number of rotatable bonds is 3. The van der Waals surface area contributed by atoms with E-state index in [1.807, 2.05) is 60.7 Å². The number of anilines is 3. The highest BCUT2D eigenvalue weighted by molar-refractivity contribution is 8.00. The Balaban J connectivity index is 1.73. The molecule has 1 N–H and O–H groups in total. The summed E-state index contributed by atoms with van der Waals surface area (Å²) in [6, 6.07) is 23.8. The first kappa shape index (κ1) is 17.1. The Kier molecular flexibility index (Phi) is 4.91. The van der Waals surface area contributed by atoms with Gasteiger partial charge in [0.05, 0.1) is 17.1 Å². The molecular weight excluding hydrogens is 360 g/mol. The zero-order chi connectivity index (χ0) is 17.9. The van der Waals surface area contributed by atoms with Crippen LogP contribution in [-0.2, 0) is 0 Å². The minimum atomic E-state index is -0.144. The van der Waals surface area contributed by atoms with Gasteiger partial charge in [0.2, 0.25) is 0 Å². The van der Waals surface area contributed by atoms with Crippen molar-refractivity contribution >= 4 is 46.6 Å². The predicted octanol–water partition coefficient (Wildman–Crippen LogP) is 6.63. The quantitative estimate of drug-likeness (QED) is 0.519. The standard InChI is InChI=1S/C21H18N2OS2/c1-2-25-18-12-6-3-9-15(18)22-21(24)23-16-10-4-7-13-19(16)26-20-14-8-5-11-17(20)23/h3-14H,2H2,1H3,(H,22,24). The van der Waals surface area contributed by atoms with Crippen LogP contribution in [0.1, 0.15) is 6.92 Å². The fourth-order valence-corrected chi connectivity index (χ4v) is 4.76. The summed E-state index contributed by atoms with van der Waals surface area (Å²) in [7, 11) is 0. The Morgan fingerprint density at radius 2 is 1.50 bits per heavy atom. The second-order valence-corrected chi connectivity index (χ2v) is 8.12. The van der Waals surface area contributed by atoms with E-state index in [-0.39, 0.29) is 6.03 Å². The molecule has 0 atom stereocenters. The van der Waals surface area contributed by atoms with Gasteiger partial charge < -0.3 is 5.32 Å². The van der Waals surface area contributed by atoms with Crippen LogP contribution in [0, 0.1) is 0 Å². The van der Waals surface area contributed by atoms with Gasteiger partial charge in [-0.3, -0.25) is 4.90 Å². The molecule has 3 aromatic carbocycles. The Hall–Kier alpha value is -2.37. The Labute approximate surface area is 161 Å². The van der Waals surface area contributed by atoms with E-state index in [0.29, 0.717) is 0 Å². The number of benzene rings is 3. The molecule has 3 nitrogen and oxygen atoms in total. The Morgan fingerprint density at radius 1 is 0.923 bits per heavy atom. The lowest BCUT2D eigenvalue weighted by Crippen LogP contribution is -2.32. The van der Waals surface area contributed by atoms with E-state index in [0.717, 1.165) is 37.5 Å². The van der Waals surface area contributed by atoms with Crippen LogP contribution >= 0.6 is 23.5 Å². The van der Waals surface area contributed by atoms with E-state index in [9.17, 15) is 4.79 Å². The lowest BCUT2D eigenvalue weighted by atomic mass is 10.2. The van der Waals surface area contributed by atoms with E-state index in [2.05, 4.69) is 24.4 Å². The molecule has 0 radical (unpaired) electrons. The molecule has 1 aliphatic heterocycles. The number of nitrogens with one attached hydrogen (secondary N) is 1. The highest BCUT2D eigenvalue weighted by Crippen LogP contribution is 2.48. The second kappa shape index (κ2) is 7.48. The predicted molar refractivity (Wildman–Crippen MR) is 111 cm³/mol. The van der Waals surface area contributed by atoms with Crippen LogP contribution in [0.15, 0.2) is 87.5 Å². The molecule has 0 saturated carbocycles. The van der Waals surface area contributed by atoms with Gasteiger partial charge in [0, 0.05) is 14.7 Å². The summed E-state index contributed by atoms with van der Waals surface area (Å²) >= 11 is 3.42. The van der Waals surface area contributed by atoms with E-state index < -0.39 is 0 Å². The van der Waals surface area contributed by atoms with Gasteiger partial charge in [-0.05, 0) is 42.2 Å². The smallest absolute Gasteiger partial charge is 0.306 e. The summed E-state index contributed by atoms with van der Waals surface area (Å²) in [5.41, 5.74) is 2.67. The molecule has 1 heterocycles. The maximum atomic E-state index is 13.2. The lowest BCUT2D eigenvalue weighted by Gasteiger charge is -2.31. The molecule has 1 aliphatic rings. The SMILES string of the molecule is CCSc1ccccc1NC(=O)N1c2ccccc2Sc2ccccc21. The van der Waals surface area contributed by atoms with Gasteiger partial charge in [-0.2, -0.15) is 0 Å². The third-order valence-electron chi connectivity index (χ3n) is 4.06. The largest absolute Gasteiger partial charge is 0.331 e. The van der Waals surface area contributed by atoms with Gasteiger partial charge in [-0.1, -0.05) is 55.1 Å². The minimum absolute atomic E-state index is 0.144. The number of amides is 2. The van der Waals surface area contributed by atoms with Crippen LogP contribution < -0.4 is 10.2 Å². The van der Waals surface area contributed by atoms with Gasteiger partial charge in [0.1, 0.15) is 0 Å². The number of nitrogens with zero attached hydrogens (tertiary/aromatic N) is 1. The van der Waals surface area contributed by atoms with E-state index >= 15 is 0 Å². The van der Waals surface area contributed by atoms with Crippen molar-refractivity contribution in [3.8, 4) is 0 Å². The van der Waals surface area contributed by atoms with E-state index in [1.54, 1.807) is 28.4 Å². The molecule has 0 fully saturated rings. The molecule has 0 aromatic heterocycles. The molecule has 0 bridgehead atoms.